The van der Waals surface area contributed by atoms with Gasteiger partial charge < -0.3 is 5.32 Å². The van der Waals surface area contributed by atoms with Crippen LogP contribution in [0.3, 0.4) is 0 Å². The summed E-state index contributed by atoms with van der Waals surface area (Å²) in [6.07, 6.45) is 2.27. The molecule has 1 aromatic carbocycles. The van der Waals surface area contributed by atoms with Gasteiger partial charge in [0.15, 0.2) is 0 Å². The maximum absolute atomic E-state index is 6.36. The average molecular weight is 274 g/mol. The first-order chi connectivity index (χ1) is 8.19. The third-order valence-electron chi connectivity index (χ3n) is 3.17. The van der Waals surface area contributed by atoms with E-state index in [4.69, 9.17) is 23.2 Å². The SMILES string of the molecule is CCC(CC)C(Cl)CNCc1ccccc1Cl. The van der Waals surface area contributed by atoms with Gasteiger partial charge in [-0.1, -0.05) is 56.5 Å². The fourth-order valence-electron chi connectivity index (χ4n) is 1.95. The average Bonchev–Trinajstić information content (AvgIpc) is 2.33. The molecule has 0 heterocycles. The standard InChI is InChI=1S/C14H21Cl2N/c1-3-11(4-2)14(16)10-17-9-12-7-5-6-8-13(12)15/h5-8,11,14,17H,3-4,9-10H2,1-2H3. The molecule has 0 spiro atoms. The second-order valence-corrected chi connectivity index (χ2v) is 5.28. The van der Waals surface area contributed by atoms with E-state index < -0.39 is 0 Å². The van der Waals surface area contributed by atoms with Gasteiger partial charge in [0.05, 0.1) is 0 Å². The fourth-order valence-corrected chi connectivity index (χ4v) is 2.62. The zero-order valence-corrected chi connectivity index (χ0v) is 12.1. The summed E-state index contributed by atoms with van der Waals surface area (Å²) in [6.45, 7) is 6.00. The number of halogens is 2. The van der Waals surface area contributed by atoms with Crippen LogP contribution in [0, 0.1) is 5.92 Å². The minimum atomic E-state index is 0.201. The minimum Gasteiger partial charge on any atom is -0.311 e. The minimum absolute atomic E-state index is 0.201. The highest BCUT2D eigenvalue weighted by atomic mass is 35.5. The second kappa shape index (κ2) is 7.97. The molecule has 96 valence electrons. The molecule has 0 fully saturated rings. The summed E-state index contributed by atoms with van der Waals surface area (Å²) >= 11 is 12.4. The number of benzene rings is 1. The number of nitrogens with one attached hydrogen (secondary N) is 1. The molecule has 0 aromatic heterocycles. The van der Waals surface area contributed by atoms with Crippen LogP contribution in [0.15, 0.2) is 24.3 Å². The molecule has 0 aliphatic carbocycles. The molecule has 1 N–H and O–H groups in total. The van der Waals surface area contributed by atoms with E-state index in [1.807, 2.05) is 24.3 Å². The Morgan fingerprint density at radius 3 is 2.41 bits per heavy atom. The van der Waals surface area contributed by atoms with Gasteiger partial charge in [-0.2, -0.15) is 0 Å². The van der Waals surface area contributed by atoms with E-state index in [0.717, 1.165) is 36.5 Å². The lowest BCUT2D eigenvalue weighted by Crippen LogP contribution is -2.28. The van der Waals surface area contributed by atoms with Crippen LogP contribution in [0.2, 0.25) is 5.02 Å². The molecule has 1 unspecified atom stereocenters. The Balaban J connectivity index is 2.35. The van der Waals surface area contributed by atoms with Gasteiger partial charge in [0.2, 0.25) is 0 Å². The fraction of sp³-hybridized carbons (Fsp3) is 0.571. The van der Waals surface area contributed by atoms with Crippen LogP contribution >= 0.6 is 23.2 Å². The first-order valence-corrected chi connectivity index (χ1v) is 7.08. The van der Waals surface area contributed by atoms with Crippen LogP contribution in [0.25, 0.3) is 0 Å². The molecular formula is C14H21Cl2N. The van der Waals surface area contributed by atoms with E-state index in [1.165, 1.54) is 0 Å². The molecule has 0 saturated heterocycles. The topological polar surface area (TPSA) is 12.0 Å². The van der Waals surface area contributed by atoms with Gasteiger partial charge in [-0.25, -0.2) is 0 Å². The van der Waals surface area contributed by atoms with Gasteiger partial charge >= 0.3 is 0 Å². The molecule has 0 radical (unpaired) electrons. The van der Waals surface area contributed by atoms with Crippen LogP contribution in [-0.2, 0) is 6.54 Å². The first-order valence-electron chi connectivity index (χ1n) is 6.27. The summed E-state index contributed by atoms with van der Waals surface area (Å²) in [5.41, 5.74) is 1.13. The lowest BCUT2D eigenvalue weighted by atomic mass is 9.99. The Labute approximate surface area is 115 Å². The number of rotatable bonds is 7. The van der Waals surface area contributed by atoms with E-state index in [2.05, 4.69) is 19.2 Å². The van der Waals surface area contributed by atoms with Crippen molar-refractivity contribution in [3.8, 4) is 0 Å². The quantitative estimate of drug-likeness (QED) is 0.723. The first kappa shape index (κ1) is 14.8. The van der Waals surface area contributed by atoms with E-state index in [-0.39, 0.29) is 5.38 Å². The molecule has 1 rings (SSSR count). The van der Waals surface area contributed by atoms with Crippen LogP contribution in [0.4, 0.5) is 0 Å². The van der Waals surface area contributed by atoms with Crippen molar-refractivity contribution < 1.29 is 0 Å². The molecule has 0 aliphatic rings. The van der Waals surface area contributed by atoms with Crippen molar-refractivity contribution in [2.75, 3.05) is 6.54 Å². The highest BCUT2D eigenvalue weighted by molar-refractivity contribution is 6.31. The van der Waals surface area contributed by atoms with Crippen molar-refractivity contribution in [3.05, 3.63) is 34.9 Å². The largest absolute Gasteiger partial charge is 0.311 e. The zero-order chi connectivity index (χ0) is 12.7. The lowest BCUT2D eigenvalue weighted by molar-refractivity contribution is 0.446. The van der Waals surface area contributed by atoms with Crippen LogP contribution in [0.5, 0.6) is 0 Å². The monoisotopic (exact) mass is 273 g/mol. The van der Waals surface area contributed by atoms with Gasteiger partial charge in [-0.05, 0) is 17.5 Å². The Morgan fingerprint density at radius 1 is 1.18 bits per heavy atom. The highest BCUT2D eigenvalue weighted by Gasteiger charge is 2.14. The van der Waals surface area contributed by atoms with Crippen LogP contribution in [0.1, 0.15) is 32.3 Å². The number of hydrogen-bond donors (Lipinski definition) is 1. The predicted octanol–water partition coefficient (Wildman–Crippen LogP) is 4.47. The van der Waals surface area contributed by atoms with Crippen molar-refractivity contribution in [3.63, 3.8) is 0 Å². The lowest BCUT2D eigenvalue weighted by Gasteiger charge is -2.19. The summed E-state index contributed by atoms with van der Waals surface area (Å²) < 4.78 is 0. The van der Waals surface area contributed by atoms with Gasteiger partial charge in [0.25, 0.3) is 0 Å². The molecule has 1 atom stereocenters. The summed E-state index contributed by atoms with van der Waals surface area (Å²) in [7, 11) is 0. The molecular weight excluding hydrogens is 253 g/mol. The molecule has 0 bridgehead atoms. The van der Waals surface area contributed by atoms with Gasteiger partial charge in [0.1, 0.15) is 0 Å². The molecule has 0 aliphatic heterocycles. The zero-order valence-electron chi connectivity index (χ0n) is 10.5. The Morgan fingerprint density at radius 2 is 1.82 bits per heavy atom. The van der Waals surface area contributed by atoms with Crippen molar-refractivity contribution in [2.45, 2.75) is 38.6 Å². The third-order valence-corrected chi connectivity index (χ3v) is 4.05. The maximum Gasteiger partial charge on any atom is 0.0488 e. The van der Waals surface area contributed by atoms with Gasteiger partial charge in [0, 0.05) is 23.5 Å². The third kappa shape index (κ3) is 4.87. The summed E-state index contributed by atoms with van der Waals surface area (Å²) in [5, 5.41) is 4.39. The van der Waals surface area contributed by atoms with Crippen LogP contribution < -0.4 is 5.32 Å². The van der Waals surface area contributed by atoms with Crippen LogP contribution in [-0.4, -0.2) is 11.9 Å². The van der Waals surface area contributed by atoms with E-state index in [0.29, 0.717) is 5.92 Å². The number of hydrogen-bond acceptors (Lipinski definition) is 1. The summed E-state index contributed by atoms with van der Waals surface area (Å²) in [5.74, 6) is 0.593. The summed E-state index contributed by atoms with van der Waals surface area (Å²) in [6, 6.07) is 7.90. The summed E-state index contributed by atoms with van der Waals surface area (Å²) in [4.78, 5) is 0. The molecule has 1 aromatic rings. The van der Waals surface area contributed by atoms with E-state index >= 15 is 0 Å². The van der Waals surface area contributed by atoms with Crippen molar-refractivity contribution in [2.24, 2.45) is 5.92 Å². The Bertz CT molecular complexity index is 324. The maximum atomic E-state index is 6.36. The molecule has 0 saturated carbocycles. The van der Waals surface area contributed by atoms with Crippen molar-refractivity contribution in [1.29, 1.82) is 0 Å². The molecule has 0 amide bonds. The molecule has 3 heteroatoms. The molecule has 1 nitrogen and oxygen atoms in total. The Kier molecular flexibility index (Phi) is 6.94. The van der Waals surface area contributed by atoms with E-state index in [1.54, 1.807) is 0 Å². The van der Waals surface area contributed by atoms with Crippen molar-refractivity contribution in [1.82, 2.24) is 5.32 Å². The number of alkyl halides is 1. The Hall–Kier alpha value is -0.240. The van der Waals surface area contributed by atoms with Gasteiger partial charge in [-0.15, -0.1) is 11.6 Å². The second-order valence-electron chi connectivity index (χ2n) is 4.31. The smallest absolute Gasteiger partial charge is 0.0488 e. The van der Waals surface area contributed by atoms with Gasteiger partial charge in [-0.3, -0.25) is 0 Å². The predicted molar refractivity (Wildman–Crippen MR) is 76.9 cm³/mol. The normalized spacial score (nSPS) is 13.0. The van der Waals surface area contributed by atoms with Crippen molar-refractivity contribution >= 4 is 23.2 Å². The highest BCUT2D eigenvalue weighted by Crippen LogP contribution is 2.18. The van der Waals surface area contributed by atoms with E-state index in [9.17, 15) is 0 Å². The molecule has 17 heavy (non-hydrogen) atoms.